The molecule has 3 heteroatoms. The van der Waals surface area contributed by atoms with Crippen molar-refractivity contribution in [1.82, 2.24) is 0 Å². The molecule has 18 heavy (non-hydrogen) atoms. The molecule has 0 amide bonds. The predicted molar refractivity (Wildman–Crippen MR) is 70.0 cm³/mol. The van der Waals surface area contributed by atoms with Gasteiger partial charge in [0.15, 0.2) is 0 Å². The third kappa shape index (κ3) is 3.32. The molecule has 0 aromatic heterocycles. The lowest BCUT2D eigenvalue weighted by atomic mass is 10.0. The zero-order valence-corrected chi connectivity index (χ0v) is 10.2. The van der Waals surface area contributed by atoms with Crippen molar-refractivity contribution in [2.75, 3.05) is 6.61 Å². The Hall–Kier alpha value is -1.84. The highest BCUT2D eigenvalue weighted by atomic mass is 17.1. The Balaban J connectivity index is 2.12. The Morgan fingerprint density at radius 2 is 1.72 bits per heavy atom. The first-order valence-electron chi connectivity index (χ1n) is 5.89. The van der Waals surface area contributed by atoms with Gasteiger partial charge in [0.25, 0.3) is 0 Å². The van der Waals surface area contributed by atoms with Crippen molar-refractivity contribution in [2.24, 2.45) is 0 Å². The molecule has 3 nitrogen and oxygen atoms in total. The first-order chi connectivity index (χ1) is 8.79. The summed E-state index contributed by atoms with van der Waals surface area (Å²) in [6, 6.07) is 17.4. The summed E-state index contributed by atoms with van der Waals surface area (Å²) in [6.07, 6.45) is 0. The molecule has 1 N–H and O–H groups in total. The van der Waals surface area contributed by atoms with Gasteiger partial charge in [0, 0.05) is 5.92 Å². The highest BCUT2D eigenvalue weighted by molar-refractivity contribution is 5.35. The fraction of sp³-hybridized carbons (Fsp3) is 0.200. The number of rotatable bonds is 5. The Kier molecular flexibility index (Phi) is 4.34. The molecule has 2 aromatic rings. The van der Waals surface area contributed by atoms with Gasteiger partial charge in [-0.3, -0.25) is 5.26 Å². The van der Waals surface area contributed by atoms with E-state index in [0.717, 1.165) is 17.1 Å². The van der Waals surface area contributed by atoms with Crippen molar-refractivity contribution >= 4 is 0 Å². The van der Waals surface area contributed by atoms with E-state index in [1.54, 1.807) is 0 Å². The van der Waals surface area contributed by atoms with Gasteiger partial charge in [-0.1, -0.05) is 37.3 Å². The van der Waals surface area contributed by atoms with Crippen LogP contribution < -0.4 is 4.74 Å². The number of benzene rings is 2. The van der Waals surface area contributed by atoms with E-state index in [1.807, 2.05) is 61.5 Å². The first-order valence-corrected chi connectivity index (χ1v) is 5.89. The van der Waals surface area contributed by atoms with E-state index in [-0.39, 0.29) is 12.5 Å². The molecule has 2 rings (SSSR count). The SMILES string of the molecule is CC(COO)c1cccc(Oc2ccccc2)c1. The molecule has 0 fully saturated rings. The highest BCUT2D eigenvalue weighted by Crippen LogP contribution is 2.25. The van der Waals surface area contributed by atoms with Crippen LogP contribution in [0.5, 0.6) is 11.5 Å². The van der Waals surface area contributed by atoms with Crippen molar-refractivity contribution in [3.63, 3.8) is 0 Å². The summed E-state index contributed by atoms with van der Waals surface area (Å²) in [7, 11) is 0. The van der Waals surface area contributed by atoms with Gasteiger partial charge in [-0.05, 0) is 29.8 Å². The van der Waals surface area contributed by atoms with Gasteiger partial charge in [0.2, 0.25) is 0 Å². The molecule has 1 atom stereocenters. The minimum Gasteiger partial charge on any atom is -0.457 e. The summed E-state index contributed by atoms with van der Waals surface area (Å²) in [4.78, 5) is 4.18. The Labute approximate surface area is 107 Å². The lowest BCUT2D eigenvalue weighted by Gasteiger charge is -2.11. The van der Waals surface area contributed by atoms with Crippen LogP contribution in [-0.2, 0) is 4.89 Å². The molecule has 2 aromatic carbocycles. The molecule has 94 valence electrons. The second kappa shape index (κ2) is 6.19. The monoisotopic (exact) mass is 244 g/mol. The second-order valence-corrected chi connectivity index (χ2v) is 4.18. The molecular formula is C15H16O3. The van der Waals surface area contributed by atoms with E-state index < -0.39 is 0 Å². The van der Waals surface area contributed by atoms with Crippen LogP contribution in [0.15, 0.2) is 54.6 Å². The lowest BCUT2D eigenvalue weighted by Crippen LogP contribution is -2.02. The van der Waals surface area contributed by atoms with E-state index in [4.69, 9.17) is 9.99 Å². The van der Waals surface area contributed by atoms with Crippen LogP contribution in [0.3, 0.4) is 0 Å². The van der Waals surface area contributed by atoms with Crippen molar-refractivity contribution in [1.29, 1.82) is 0 Å². The number of para-hydroxylation sites is 1. The van der Waals surface area contributed by atoms with Gasteiger partial charge >= 0.3 is 0 Å². The average molecular weight is 244 g/mol. The molecule has 0 heterocycles. The molecule has 0 radical (unpaired) electrons. The van der Waals surface area contributed by atoms with E-state index in [1.165, 1.54) is 0 Å². The van der Waals surface area contributed by atoms with Crippen LogP contribution in [0.2, 0.25) is 0 Å². The maximum absolute atomic E-state index is 8.47. The highest BCUT2D eigenvalue weighted by Gasteiger charge is 2.07. The minimum atomic E-state index is 0.120. The van der Waals surface area contributed by atoms with Gasteiger partial charge in [-0.2, -0.15) is 0 Å². The first kappa shape index (κ1) is 12.6. The molecule has 0 aliphatic heterocycles. The molecule has 0 saturated carbocycles. The third-order valence-electron chi connectivity index (χ3n) is 2.73. The van der Waals surface area contributed by atoms with Crippen LogP contribution in [0.4, 0.5) is 0 Å². The van der Waals surface area contributed by atoms with E-state index in [2.05, 4.69) is 4.89 Å². The quantitative estimate of drug-likeness (QED) is 0.636. The largest absolute Gasteiger partial charge is 0.457 e. The van der Waals surface area contributed by atoms with E-state index in [0.29, 0.717) is 0 Å². The van der Waals surface area contributed by atoms with Crippen LogP contribution in [-0.4, -0.2) is 11.9 Å². The summed E-state index contributed by atoms with van der Waals surface area (Å²) in [5.74, 6) is 1.71. The summed E-state index contributed by atoms with van der Waals surface area (Å²) in [5, 5.41) is 8.47. The Morgan fingerprint density at radius 3 is 2.44 bits per heavy atom. The normalized spacial score (nSPS) is 12.1. The standard InChI is InChI=1S/C15H16O3/c1-12(11-17-16)13-6-5-9-15(10-13)18-14-7-3-2-4-8-14/h2-10,12,16H,11H2,1H3. The number of ether oxygens (including phenoxy) is 1. The topological polar surface area (TPSA) is 38.7 Å². The maximum atomic E-state index is 8.47. The summed E-state index contributed by atoms with van der Waals surface area (Å²) in [5.41, 5.74) is 1.07. The van der Waals surface area contributed by atoms with Gasteiger partial charge in [-0.25, -0.2) is 4.89 Å². The van der Waals surface area contributed by atoms with Crippen molar-refractivity contribution in [3.8, 4) is 11.5 Å². The third-order valence-corrected chi connectivity index (χ3v) is 2.73. The molecule has 1 unspecified atom stereocenters. The van der Waals surface area contributed by atoms with Crippen molar-refractivity contribution < 1.29 is 14.9 Å². The molecule has 0 aliphatic carbocycles. The summed E-state index contributed by atoms with van der Waals surface area (Å²) in [6.45, 7) is 2.26. The smallest absolute Gasteiger partial charge is 0.127 e. The maximum Gasteiger partial charge on any atom is 0.127 e. The van der Waals surface area contributed by atoms with E-state index >= 15 is 0 Å². The van der Waals surface area contributed by atoms with Gasteiger partial charge in [0.1, 0.15) is 11.5 Å². The second-order valence-electron chi connectivity index (χ2n) is 4.18. The number of hydrogen-bond acceptors (Lipinski definition) is 3. The molecule has 0 spiro atoms. The van der Waals surface area contributed by atoms with Gasteiger partial charge < -0.3 is 4.74 Å². The van der Waals surface area contributed by atoms with Crippen molar-refractivity contribution in [2.45, 2.75) is 12.8 Å². The zero-order valence-electron chi connectivity index (χ0n) is 10.2. The Bertz CT molecular complexity index is 482. The van der Waals surface area contributed by atoms with Crippen LogP contribution >= 0.6 is 0 Å². The molecule has 0 aliphatic rings. The minimum absolute atomic E-state index is 0.120. The van der Waals surface area contributed by atoms with Crippen molar-refractivity contribution in [3.05, 3.63) is 60.2 Å². The van der Waals surface area contributed by atoms with Gasteiger partial charge in [-0.15, -0.1) is 0 Å². The molecule has 0 bridgehead atoms. The van der Waals surface area contributed by atoms with Crippen LogP contribution in [0.1, 0.15) is 18.4 Å². The molecular weight excluding hydrogens is 228 g/mol. The summed E-state index contributed by atoms with van der Waals surface area (Å²) < 4.78 is 5.74. The zero-order chi connectivity index (χ0) is 12.8. The average Bonchev–Trinajstić information content (AvgIpc) is 2.40. The van der Waals surface area contributed by atoms with Crippen LogP contribution in [0, 0.1) is 0 Å². The fourth-order valence-electron chi connectivity index (χ4n) is 1.72. The van der Waals surface area contributed by atoms with Gasteiger partial charge in [0.05, 0.1) is 6.61 Å². The molecule has 0 saturated heterocycles. The van der Waals surface area contributed by atoms with Crippen LogP contribution in [0.25, 0.3) is 0 Å². The Morgan fingerprint density at radius 1 is 1.00 bits per heavy atom. The number of hydrogen-bond donors (Lipinski definition) is 1. The van der Waals surface area contributed by atoms with E-state index in [9.17, 15) is 0 Å². The predicted octanol–water partition coefficient (Wildman–Crippen LogP) is 4.07. The lowest BCUT2D eigenvalue weighted by molar-refractivity contribution is -0.245. The summed E-state index contributed by atoms with van der Waals surface area (Å²) >= 11 is 0. The fourth-order valence-corrected chi connectivity index (χ4v) is 1.72.